The molecule has 3 nitrogen and oxygen atoms in total. The summed E-state index contributed by atoms with van der Waals surface area (Å²) < 4.78 is 4.87. The Morgan fingerprint density at radius 3 is 2.65 bits per heavy atom. The van der Waals surface area contributed by atoms with E-state index in [2.05, 4.69) is 32.2 Å². The summed E-state index contributed by atoms with van der Waals surface area (Å²) in [7, 11) is 1.59. The number of hydrogen-bond acceptors (Lipinski definition) is 2. The van der Waals surface area contributed by atoms with Crippen LogP contribution in [0.15, 0.2) is 24.3 Å². The first-order chi connectivity index (χ1) is 7.93. The standard InChI is InChI=1S/C14H21NO2/c1-14(2,3)11-6-5-7-12(10-11)15-13(16)8-9-17-4/h5-7,10H,8-9H2,1-4H3,(H,15,16). The SMILES string of the molecule is COCCC(=O)Nc1cccc(C(C)(C)C)c1. The summed E-state index contributed by atoms with van der Waals surface area (Å²) in [6, 6.07) is 7.96. The highest BCUT2D eigenvalue weighted by Crippen LogP contribution is 2.24. The van der Waals surface area contributed by atoms with Crippen molar-refractivity contribution < 1.29 is 9.53 Å². The van der Waals surface area contributed by atoms with Crippen LogP contribution in [0.5, 0.6) is 0 Å². The van der Waals surface area contributed by atoms with E-state index >= 15 is 0 Å². The van der Waals surface area contributed by atoms with E-state index in [4.69, 9.17) is 4.74 Å². The molecule has 3 heteroatoms. The molecule has 0 unspecified atom stereocenters. The first-order valence-electron chi connectivity index (χ1n) is 5.83. The second-order valence-electron chi connectivity index (χ2n) is 5.12. The van der Waals surface area contributed by atoms with Gasteiger partial charge in [0.2, 0.25) is 5.91 Å². The van der Waals surface area contributed by atoms with E-state index in [1.54, 1.807) is 7.11 Å². The van der Waals surface area contributed by atoms with Gasteiger partial charge in [-0.05, 0) is 23.1 Å². The molecular formula is C14H21NO2. The fourth-order valence-corrected chi connectivity index (χ4v) is 1.48. The maximum absolute atomic E-state index is 11.5. The first kappa shape index (κ1) is 13.7. The van der Waals surface area contributed by atoms with Crippen LogP contribution in [-0.2, 0) is 14.9 Å². The van der Waals surface area contributed by atoms with Gasteiger partial charge in [0, 0.05) is 12.8 Å². The molecule has 0 bridgehead atoms. The van der Waals surface area contributed by atoms with Crippen molar-refractivity contribution in [3.63, 3.8) is 0 Å². The molecule has 94 valence electrons. The number of methoxy groups -OCH3 is 1. The van der Waals surface area contributed by atoms with Crippen molar-refractivity contribution in [2.75, 3.05) is 19.0 Å². The van der Waals surface area contributed by atoms with Crippen molar-refractivity contribution in [3.8, 4) is 0 Å². The van der Waals surface area contributed by atoms with Crippen molar-refractivity contribution in [1.29, 1.82) is 0 Å². The molecule has 0 atom stereocenters. The summed E-state index contributed by atoms with van der Waals surface area (Å²) in [5, 5.41) is 2.87. The number of carbonyl (C=O) groups is 1. The quantitative estimate of drug-likeness (QED) is 0.871. The van der Waals surface area contributed by atoms with E-state index < -0.39 is 0 Å². The number of rotatable bonds is 4. The van der Waals surface area contributed by atoms with Crippen molar-refractivity contribution >= 4 is 11.6 Å². The number of benzene rings is 1. The van der Waals surface area contributed by atoms with E-state index in [1.807, 2.05) is 18.2 Å². The molecule has 0 saturated heterocycles. The minimum Gasteiger partial charge on any atom is -0.384 e. The summed E-state index contributed by atoms with van der Waals surface area (Å²) in [5.41, 5.74) is 2.15. The highest BCUT2D eigenvalue weighted by molar-refractivity contribution is 5.90. The molecule has 0 heterocycles. The fraction of sp³-hybridized carbons (Fsp3) is 0.500. The van der Waals surface area contributed by atoms with Crippen LogP contribution in [0, 0.1) is 0 Å². The molecule has 1 N–H and O–H groups in total. The van der Waals surface area contributed by atoms with Gasteiger partial charge in [0.25, 0.3) is 0 Å². The number of ether oxygens (including phenoxy) is 1. The zero-order chi connectivity index (χ0) is 12.9. The van der Waals surface area contributed by atoms with E-state index in [1.165, 1.54) is 5.56 Å². The molecule has 0 saturated carbocycles. The van der Waals surface area contributed by atoms with Gasteiger partial charge in [0.05, 0.1) is 13.0 Å². The molecule has 1 aromatic rings. The van der Waals surface area contributed by atoms with Crippen molar-refractivity contribution in [3.05, 3.63) is 29.8 Å². The van der Waals surface area contributed by atoms with Gasteiger partial charge in [-0.2, -0.15) is 0 Å². The molecule has 0 aliphatic heterocycles. The summed E-state index contributed by atoms with van der Waals surface area (Å²) >= 11 is 0. The number of nitrogens with one attached hydrogen (secondary N) is 1. The Morgan fingerprint density at radius 1 is 1.35 bits per heavy atom. The van der Waals surface area contributed by atoms with Gasteiger partial charge in [-0.1, -0.05) is 32.9 Å². The zero-order valence-corrected chi connectivity index (χ0v) is 11.0. The molecule has 0 aromatic heterocycles. The Labute approximate surface area is 103 Å². The topological polar surface area (TPSA) is 38.3 Å². The van der Waals surface area contributed by atoms with Crippen LogP contribution in [0.4, 0.5) is 5.69 Å². The summed E-state index contributed by atoms with van der Waals surface area (Å²) in [5.74, 6) is -0.0158. The Kier molecular flexibility index (Phi) is 4.70. The average Bonchev–Trinajstić information content (AvgIpc) is 2.25. The number of carbonyl (C=O) groups excluding carboxylic acids is 1. The smallest absolute Gasteiger partial charge is 0.226 e. The van der Waals surface area contributed by atoms with Gasteiger partial charge in [-0.3, -0.25) is 4.79 Å². The summed E-state index contributed by atoms with van der Waals surface area (Å²) in [6.07, 6.45) is 0.385. The lowest BCUT2D eigenvalue weighted by Crippen LogP contribution is -2.15. The molecular weight excluding hydrogens is 214 g/mol. The van der Waals surface area contributed by atoms with Crippen LogP contribution in [0.2, 0.25) is 0 Å². The Hall–Kier alpha value is -1.35. The largest absolute Gasteiger partial charge is 0.384 e. The lowest BCUT2D eigenvalue weighted by Gasteiger charge is -2.19. The third kappa shape index (κ3) is 4.57. The van der Waals surface area contributed by atoms with Crippen LogP contribution in [0.3, 0.4) is 0 Å². The molecule has 0 aliphatic rings. The predicted molar refractivity (Wildman–Crippen MR) is 70.3 cm³/mol. The maximum Gasteiger partial charge on any atom is 0.226 e. The van der Waals surface area contributed by atoms with E-state index in [9.17, 15) is 4.79 Å². The van der Waals surface area contributed by atoms with Gasteiger partial charge in [-0.25, -0.2) is 0 Å². The molecule has 0 aliphatic carbocycles. The van der Waals surface area contributed by atoms with Gasteiger partial charge in [-0.15, -0.1) is 0 Å². The second-order valence-corrected chi connectivity index (χ2v) is 5.12. The zero-order valence-electron chi connectivity index (χ0n) is 11.0. The molecule has 1 amide bonds. The fourth-order valence-electron chi connectivity index (χ4n) is 1.48. The van der Waals surface area contributed by atoms with Gasteiger partial charge >= 0.3 is 0 Å². The van der Waals surface area contributed by atoms with Crippen LogP contribution >= 0.6 is 0 Å². The minimum atomic E-state index is -0.0158. The molecule has 1 aromatic carbocycles. The molecule has 0 radical (unpaired) electrons. The average molecular weight is 235 g/mol. The molecule has 1 rings (SSSR count). The van der Waals surface area contributed by atoms with Crippen molar-refractivity contribution in [1.82, 2.24) is 0 Å². The minimum absolute atomic E-state index is 0.0158. The normalized spacial score (nSPS) is 11.3. The van der Waals surface area contributed by atoms with E-state index in [0.717, 1.165) is 5.69 Å². The Balaban J connectivity index is 2.69. The van der Waals surface area contributed by atoms with Gasteiger partial charge < -0.3 is 10.1 Å². The highest BCUT2D eigenvalue weighted by Gasteiger charge is 2.13. The third-order valence-electron chi connectivity index (χ3n) is 2.55. The lowest BCUT2D eigenvalue weighted by atomic mass is 9.87. The predicted octanol–water partition coefficient (Wildman–Crippen LogP) is 2.96. The van der Waals surface area contributed by atoms with Crippen LogP contribution < -0.4 is 5.32 Å². The third-order valence-corrected chi connectivity index (χ3v) is 2.55. The molecule has 0 fully saturated rings. The maximum atomic E-state index is 11.5. The first-order valence-corrected chi connectivity index (χ1v) is 5.83. The number of amides is 1. The van der Waals surface area contributed by atoms with E-state index in [-0.39, 0.29) is 11.3 Å². The second kappa shape index (κ2) is 5.82. The lowest BCUT2D eigenvalue weighted by molar-refractivity contribution is -0.117. The van der Waals surface area contributed by atoms with Crippen LogP contribution in [0.25, 0.3) is 0 Å². The summed E-state index contributed by atoms with van der Waals surface area (Å²) in [4.78, 5) is 11.5. The number of anilines is 1. The number of hydrogen-bond donors (Lipinski definition) is 1. The van der Waals surface area contributed by atoms with Crippen molar-refractivity contribution in [2.24, 2.45) is 0 Å². The van der Waals surface area contributed by atoms with Gasteiger partial charge in [0.1, 0.15) is 0 Å². The molecule has 17 heavy (non-hydrogen) atoms. The van der Waals surface area contributed by atoms with E-state index in [0.29, 0.717) is 13.0 Å². The van der Waals surface area contributed by atoms with Crippen LogP contribution in [-0.4, -0.2) is 19.6 Å². The summed E-state index contributed by atoms with van der Waals surface area (Å²) in [6.45, 7) is 6.90. The molecule has 0 spiro atoms. The Bertz CT molecular complexity index is 380. The van der Waals surface area contributed by atoms with Crippen molar-refractivity contribution in [2.45, 2.75) is 32.6 Å². The van der Waals surface area contributed by atoms with Crippen LogP contribution in [0.1, 0.15) is 32.8 Å². The highest BCUT2D eigenvalue weighted by atomic mass is 16.5. The van der Waals surface area contributed by atoms with Gasteiger partial charge in [0.15, 0.2) is 0 Å². The monoisotopic (exact) mass is 235 g/mol. The Morgan fingerprint density at radius 2 is 2.06 bits per heavy atom.